The van der Waals surface area contributed by atoms with Gasteiger partial charge in [-0.25, -0.2) is 8.78 Å². The third kappa shape index (κ3) is 5.16. The zero-order chi connectivity index (χ0) is 24.2. The second-order valence-electron chi connectivity index (χ2n) is 7.90. The van der Waals surface area contributed by atoms with Gasteiger partial charge in [-0.05, 0) is 42.0 Å². The van der Waals surface area contributed by atoms with E-state index >= 15 is 0 Å². The van der Waals surface area contributed by atoms with Gasteiger partial charge in [-0.15, -0.1) is 0 Å². The monoisotopic (exact) mass is 487 g/mol. The molecule has 1 aliphatic heterocycles. The molecule has 0 aromatic heterocycles. The molecular weight excluding hydrogens is 464 g/mol. The van der Waals surface area contributed by atoms with Gasteiger partial charge in [-0.2, -0.15) is 8.42 Å². The molecule has 0 radical (unpaired) electrons. The van der Waals surface area contributed by atoms with Crippen molar-refractivity contribution in [1.29, 1.82) is 0 Å². The number of amides is 1. The SMILES string of the molecule is O=C(c1ccccc1)N1CCOC(CCOS(=O)(=O)c2ccccc2)(c2ccc(F)c(F)c2)C1. The van der Waals surface area contributed by atoms with E-state index in [9.17, 15) is 22.0 Å². The van der Waals surface area contributed by atoms with E-state index in [0.29, 0.717) is 12.1 Å². The van der Waals surface area contributed by atoms with E-state index in [1.165, 1.54) is 18.2 Å². The molecule has 34 heavy (non-hydrogen) atoms. The van der Waals surface area contributed by atoms with Gasteiger partial charge < -0.3 is 9.64 Å². The maximum atomic E-state index is 14.1. The Hall–Kier alpha value is -3.14. The molecule has 1 atom stereocenters. The zero-order valence-electron chi connectivity index (χ0n) is 18.2. The number of morpholine rings is 1. The van der Waals surface area contributed by atoms with E-state index in [1.54, 1.807) is 53.4 Å². The van der Waals surface area contributed by atoms with Gasteiger partial charge in [0.2, 0.25) is 0 Å². The largest absolute Gasteiger partial charge is 0.366 e. The van der Waals surface area contributed by atoms with Crippen molar-refractivity contribution in [1.82, 2.24) is 4.90 Å². The normalized spacial score (nSPS) is 18.6. The second-order valence-corrected chi connectivity index (χ2v) is 9.52. The zero-order valence-corrected chi connectivity index (χ0v) is 19.0. The van der Waals surface area contributed by atoms with Crippen molar-refractivity contribution in [2.45, 2.75) is 16.9 Å². The molecule has 6 nitrogen and oxygen atoms in total. The van der Waals surface area contributed by atoms with E-state index in [0.717, 1.165) is 12.1 Å². The molecule has 1 unspecified atom stereocenters. The lowest BCUT2D eigenvalue weighted by Gasteiger charge is -2.43. The predicted molar refractivity (Wildman–Crippen MR) is 121 cm³/mol. The molecule has 0 saturated carbocycles. The van der Waals surface area contributed by atoms with Crippen LogP contribution in [0.2, 0.25) is 0 Å². The highest BCUT2D eigenvalue weighted by Gasteiger charge is 2.41. The molecule has 178 valence electrons. The number of hydrogen-bond acceptors (Lipinski definition) is 5. The van der Waals surface area contributed by atoms with Crippen LogP contribution in [0, 0.1) is 11.6 Å². The minimum absolute atomic E-state index is 0.00215. The van der Waals surface area contributed by atoms with Gasteiger partial charge in [0.1, 0.15) is 5.60 Å². The summed E-state index contributed by atoms with van der Waals surface area (Å²) in [5, 5.41) is 0. The van der Waals surface area contributed by atoms with Gasteiger partial charge in [0, 0.05) is 18.5 Å². The summed E-state index contributed by atoms with van der Waals surface area (Å²) < 4.78 is 64.1. The van der Waals surface area contributed by atoms with Gasteiger partial charge in [-0.3, -0.25) is 8.98 Å². The van der Waals surface area contributed by atoms with Crippen LogP contribution in [0.3, 0.4) is 0 Å². The Morgan fingerprint density at radius 3 is 2.32 bits per heavy atom. The Morgan fingerprint density at radius 1 is 0.971 bits per heavy atom. The number of ether oxygens (including phenoxy) is 1. The lowest BCUT2D eigenvalue weighted by atomic mass is 9.88. The number of benzene rings is 3. The third-order valence-electron chi connectivity index (χ3n) is 5.72. The topological polar surface area (TPSA) is 72.9 Å². The highest BCUT2D eigenvalue weighted by molar-refractivity contribution is 7.86. The number of nitrogens with zero attached hydrogens (tertiary/aromatic N) is 1. The van der Waals surface area contributed by atoms with Crippen LogP contribution < -0.4 is 0 Å². The van der Waals surface area contributed by atoms with Gasteiger partial charge in [0.15, 0.2) is 11.6 Å². The van der Waals surface area contributed by atoms with E-state index in [4.69, 9.17) is 8.92 Å². The third-order valence-corrected chi connectivity index (χ3v) is 7.04. The van der Waals surface area contributed by atoms with Crippen LogP contribution in [0.25, 0.3) is 0 Å². The van der Waals surface area contributed by atoms with Gasteiger partial charge in [0.25, 0.3) is 16.0 Å². The average Bonchev–Trinajstić information content (AvgIpc) is 2.86. The van der Waals surface area contributed by atoms with Crippen LogP contribution in [-0.4, -0.2) is 45.5 Å². The fourth-order valence-corrected chi connectivity index (χ4v) is 4.87. The van der Waals surface area contributed by atoms with Crippen LogP contribution in [0.1, 0.15) is 22.3 Å². The lowest BCUT2D eigenvalue weighted by Crippen LogP contribution is -2.52. The summed E-state index contributed by atoms with van der Waals surface area (Å²) in [6, 6.07) is 19.7. The van der Waals surface area contributed by atoms with E-state index in [-0.39, 0.29) is 42.5 Å². The first-order valence-electron chi connectivity index (χ1n) is 10.7. The summed E-state index contributed by atoms with van der Waals surface area (Å²) in [5.41, 5.74) is -0.521. The maximum absolute atomic E-state index is 14.1. The van der Waals surface area contributed by atoms with E-state index < -0.39 is 27.4 Å². The Kier molecular flexibility index (Phi) is 7.06. The van der Waals surface area contributed by atoms with Crippen molar-refractivity contribution in [2.24, 2.45) is 0 Å². The number of carbonyl (C=O) groups is 1. The van der Waals surface area contributed by atoms with Crippen molar-refractivity contribution in [3.63, 3.8) is 0 Å². The molecule has 4 rings (SSSR count). The number of hydrogen-bond donors (Lipinski definition) is 0. The highest BCUT2D eigenvalue weighted by atomic mass is 32.2. The predicted octanol–water partition coefficient (Wildman–Crippen LogP) is 4.13. The molecule has 1 aliphatic rings. The second kappa shape index (κ2) is 10.0. The maximum Gasteiger partial charge on any atom is 0.296 e. The minimum Gasteiger partial charge on any atom is -0.366 e. The van der Waals surface area contributed by atoms with Gasteiger partial charge in [0.05, 0.1) is 24.7 Å². The van der Waals surface area contributed by atoms with Crippen LogP contribution in [0.5, 0.6) is 0 Å². The quantitative estimate of drug-likeness (QED) is 0.469. The molecule has 1 amide bonds. The smallest absolute Gasteiger partial charge is 0.296 e. The first-order chi connectivity index (χ1) is 16.3. The first-order valence-corrected chi connectivity index (χ1v) is 12.1. The van der Waals surface area contributed by atoms with Crippen molar-refractivity contribution >= 4 is 16.0 Å². The summed E-state index contributed by atoms with van der Waals surface area (Å²) in [5.74, 6) is -2.33. The fourth-order valence-electron chi connectivity index (χ4n) is 3.94. The van der Waals surface area contributed by atoms with Crippen molar-refractivity contribution in [3.8, 4) is 0 Å². The van der Waals surface area contributed by atoms with Gasteiger partial charge in [-0.1, -0.05) is 42.5 Å². The Morgan fingerprint density at radius 2 is 1.65 bits per heavy atom. The molecule has 0 bridgehead atoms. The molecule has 0 aliphatic carbocycles. The summed E-state index contributed by atoms with van der Waals surface area (Å²) in [7, 11) is -4.03. The van der Waals surface area contributed by atoms with Crippen molar-refractivity contribution in [2.75, 3.05) is 26.3 Å². The minimum atomic E-state index is -4.03. The molecule has 9 heteroatoms. The van der Waals surface area contributed by atoms with Crippen molar-refractivity contribution in [3.05, 3.63) is 102 Å². The first kappa shape index (κ1) is 24.0. The molecule has 3 aromatic carbocycles. The average molecular weight is 488 g/mol. The highest BCUT2D eigenvalue weighted by Crippen LogP contribution is 2.35. The molecule has 0 spiro atoms. The molecule has 1 saturated heterocycles. The van der Waals surface area contributed by atoms with E-state index in [2.05, 4.69) is 0 Å². The van der Waals surface area contributed by atoms with Crippen LogP contribution in [-0.2, 0) is 24.6 Å². The number of halogens is 2. The lowest BCUT2D eigenvalue weighted by molar-refractivity contribution is -0.114. The standard InChI is InChI=1S/C25H23F2NO5S/c26-22-12-11-20(17-23(22)27)25(13-15-33-34(30,31)21-9-5-2-6-10-21)18-28(14-16-32-25)24(29)19-7-3-1-4-8-19/h1-12,17H,13-16,18H2. The molecule has 3 aromatic rings. The summed E-state index contributed by atoms with van der Waals surface area (Å²) in [6.45, 7) is 0.148. The van der Waals surface area contributed by atoms with Crippen LogP contribution in [0.15, 0.2) is 83.8 Å². The summed E-state index contributed by atoms with van der Waals surface area (Å²) in [4.78, 5) is 14.6. The Labute approximate surface area is 196 Å². The number of carbonyl (C=O) groups excluding carboxylic acids is 1. The molecular formula is C25H23F2NO5S. The number of rotatable bonds is 7. The van der Waals surface area contributed by atoms with Crippen molar-refractivity contribution < 1.29 is 30.9 Å². The summed E-state index contributed by atoms with van der Waals surface area (Å²) in [6.07, 6.45) is -0.0112. The van der Waals surface area contributed by atoms with Crippen LogP contribution >= 0.6 is 0 Å². The fraction of sp³-hybridized carbons (Fsp3) is 0.240. The Balaban J connectivity index is 1.60. The Bertz CT molecular complexity index is 1250. The van der Waals surface area contributed by atoms with Crippen LogP contribution in [0.4, 0.5) is 8.78 Å². The molecule has 1 fully saturated rings. The molecule has 1 heterocycles. The molecule has 0 N–H and O–H groups in total. The van der Waals surface area contributed by atoms with E-state index in [1.807, 2.05) is 0 Å². The summed E-state index contributed by atoms with van der Waals surface area (Å²) >= 11 is 0. The van der Waals surface area contributed by atoms with Gasteiger partial charge >= 0.3 is 0 Å².